The first kappa shape index (κ1) is 23.1. The number of fused-ring (bicyclic) bond motifs is 2. The van der Waals surface area contributed by atoms with E-state index >= 15 is 0 Å². The number of nitrogens with zero attached hydrogens (tertiary/aromatic N) is 5. The first-order chi connectivity index (χ1) is 18.0. The summed E-state index contributed by atoms with van der Waals surface area (Å²) in [5.41, 5.74) is 6.02. The summed E-state index contributed by atoms with van der Waals surface area (Å²) in [5, 5.41) is 8.07. The molecule has 0 radical (unpaired) electrons. The number of hydrogen-bond acceptors (Lipinski definition) is 6. The van der Waals surface area contributed by atoms with Crippen LogP contribution in [0.15, 0.2) is 73.3 Å². The third kappa shape index (κ3) is 4.85. The average Bonchev–Trinajstić information content (AvgIpc) is 3.56. The van der Waals surface area contributed by atoms with Crippen LogP contribution in [0.25, 0.3) is 10.2 Å². The fourth-order valence-corrected chi connectivity index (χ4v) is 5.44. The normalized spacial score (nSPS) is 12.9. The summed E-state index contributed by atoms with van der Waals surface area (Å²) < 4.78 is 2.83. The highest BCUT2D eigenvalue weighted by molar-refractivity contribution is 7.18. The molecule has 5 aromatic rings. The summed E-state index contributed by atoms with van der Waals surface area (Å²) in [6.07, 6.45) is 3.93. The number of hydrogen-bond donors (Lipinski definition) is 1. The lowest BCUT2D eigenvalue weighted by Gasteiger charge is -2.29. The number of thiazole rings is 1. The van der Waals surface area contributed by atoms with Crippen molar-refractivity contribution in [3.8, 4) is 0 Å². The molecule has 1 aliphatic rings. The molecule has 3 heterocycles. The van der Waals surface area contributed by atoms with E-state index in [9.17, 15) is 9.59 Å². The van der Waals surface area contributed by atoms with Crippen molar-refractivity contribution in [2.24, 2.45) is 0 Å². The number of nitrogens with one attached hydrogen (secondary N) is 1. The molecule has 1 aliphatic heterocycles. The van der Waals surface area contributed by atoms with Crippen LogP contribution in [0.3, 0.4) is 0 Å². The molecule has 6 rings (SSSR count). The molecular formula is C28H24N6O2S. The van der Waals surface area contributed by atoms with Gasteiger partial charge in [-0.15, -0.1) is 11.3 Å². The molecule has 0 unspecified atom stereocenters. The van der Waals surface area contributed by atoms with Crippen LogP contribution in [0.5, 0.6) is 0 Å². The zero-order chi connectivity index (χ0) is 25.4. The van der Waals surface area contributed by atoms with Gasteiger partial charge in [-0.3, -0.25) is 9.59 Å². The number of aromatic nitrogens is 4. The number of carbonyl (C=O) groups is 2. The highest BCUT2D eigenvalue weighted by atomic mass is 32.1. The van der Waals surface area contributed by atoms with Crippen molar-refractivity contribution < 1.29 is 9.59 Å². The van der Waals surface area contributed by atoms with Crippen LogP contribution >= 0.6 is 11.3 Å². The van der Waals surface area contributed by atoms with Gasteiger partial charge < -0.3 is 10.2 Å². The third-order valence-corrected chi connectivity index (χ3v) is 7.48. The second-order valence-electron chi connectivity index (χ2n) is 9.12. The molecule has 0 fully saturated rings. The lowest BCUT2D eigenvalue weighted by Crippen LogP contribution is -2.36. The van der Waals surface area contributed by atoms with Gasteiger partial charge in [0.05, 0.1) is 21.8 Å². The topological polar surface area (TPSA) is 93.0 Å². The van der Waals surface area contributed by atoms with Crippen molar-refractivity contribution >= 4 is 39.1 Å². The molecule has 37 heavy (non-hydrogen) atoms. The van der Waals surface area contributed by atoms with Crippen molar-refractivity contribution in [3.63, 3.8) is 0 Å². The maximum atomic E-state index is 13.3. The predicted molar refractivity (Wildman–Crippen MR) is 143 cm³/mol. The minimum Gasteiger partial charge on any atom is -0.334 e. The van der Waals surface area contributed by atoms with Crippen LogP contribution in [-0.2, 0) is 19.5 Å². The maximum Gasteiger partial charge on any atom is 0.255 e. The Morgan fingerprint density at radius 2 is 1.84 bits per heavy atom. The van der Waals surface area contributed by atoms with Gasteiger partial charge in [0.2, 0.25) is 0 Å². The summed E-state index contributed by atoms with van der Waals surface area (Å²) >= 11 is 1.63. The van der Waals surface area contributed by atoms with Crippen LogP contribution in [0.1, 0.15) is 42.4 Å². The van der Waals surface area contributed by atoms with Gasteiger partial charge in [0, 0.05) is 29.9 Å². The minimum atomic E-state index is -0.181. The molecular weight excluding hydrogens is 484 g/mol. The highest BCUT2D eigenvalue weighted by Crippen LogP contribution is 2.26. The Bertz CT molecular complexity index is 1610. The number of anilines is 1. The largest absolute Gasteiger partial charge is 0.334 e. The van der Waals surface area contributed by atoms with E-state index in [4.69, 9.17) is 0 Å². The van der Waals surface area contributed by atoms with E-state index in [0.717, 1.165) is 38.5 Å². The predicted octanol–water partition coefficient (Wildman–Crippen LogP) is 4.70. The summed E-state index contributed by atoms with van der Waals surface area (Å²) in [6.45, 7) is 3.70. The lowest BCUT2D eigenvalue weighted by molar-refractivity contribution is 0.0735. The van der Waals surface area contributed by atoms with Crippen LogP contribution in [0, 0.1) is 6.92 Å². The summed E-state index contributed by atoms with van der Waals surface area (Å²) in [6, 6.07) is 19.1. The van der Waals surface area contributed by atoms with E-state index < -0.39 is 0 Å². The minimum absolute atomic E-state index is 0.0148. The summed E-state index contributed by atoms with van der Waals surface area (Å²) in [7, 11) is 0. The van der Waals surface area contributed by atoms with E-state index in [1.165, 1.54) is 11.9 Å². The fraction of sp³-hybridized carbons (Fsp3) is 0.179. The van der Waals surface area contributed by atoms with Gasteiger partial charge in [0.15, 0.2) is 0 Å². The van der Waals surface area contributed by atoms with Crippen LogP contribution in [0.2, 0.25) is 0 Å². The highest BCUT2D eigenvalue weighted by Gasteiger charge is 2.23. The van der Waals surface area contributed by atoms with Gasteiger partial charge in [-0.1, -0.05) is 18.2 Å². The van der Waals surface area contributed by atoms with E-state index in [1.54, 1.807) is 22.3 Å². The molecule has 0 saturated carbocycles. The van der Waals surface area contributed by atoms with Crippen molar-refractivity contribution in [1.82, 2.24) is 24.6 Å². The third-order valence-electron chi connectivity index (χ3n) is 6.53. The first-order valence-corrected chi connectivity index (χ1v) is 12.8. The van der Waals surface area contributed by atoms with Gasteiger partial charge in [0.25, 0.3) is 11.8 Å². The van der Waals surface area contributed by atoms with Crippen LogP contribution in [-0.4, -0.2) is 43.0 Å². The lowest BCUT2D eigenvalue weighted by atomic mass is 9.96. The fourth-order valence-electron chi connectivity index (χ4n) is 4.63. The number of aryl methyl sites for hydroxylation is 1. The zero-order valence-electron chi connectivity index (χ0n) is 20.2. The number of benzene rings is 3. The Labute approximate surface area is 217 Å². The van der Waals surface area contributed by atoms with Crippen LogP contribution in [0.4, 0.5) is 5.69 Å². The Balaban J connectivity index is 1.14. The smallest absolute Gasteiger partial charge is 0.255 e. The Morgan fingerprint density at radius 3 is 2.65 bits per heavy atom. The first-order valence-electron chi connectivity index (χ1n) is 12.0. The van der Waals surface area contributed by atoms with Crippen molar-refractivity contribution in [3.05, 3.63) is 106 Å². The molecule has 0 atom stereocenters. The van der Waals surface area contributed by atoms with Gasteiger partial charge >= 0.3 is 0 Å². The van der Waals surface area contributed by atoms with Gasteiger partial charge in [0.1, 0.15) is 12.7 Å². The molecule has 2 amide bonds. The van der Waals surface area contributed by atoms with Crippen molar-refractivity contribution in [1.29, 1.82) is 0 Å². The molecule has 0 aliphatic carbocycles. The van der Waals surface area contributed by atoms with Gasteiger partial charge in [-0.2, -0.15) is 5.10 Å². The SMILES string of the molecule is Cc1nc2cc(C(=O)N3CCc4ccc(C(=O)Nc5ccc(Cn6cncn6)cc5)cc4C3)ccc2s1. The molecule has 9 heteroatoms. The second kappa shape index (κ2) is 9.59. The number of carbonyl (C=O) groups excluding carboxylic acids is 2. The summed E-state index contributed by atoms with van der Waals surface area (Å²) in [5.74, 6) is -0.196. The van der Waals surface area contributed by atoms with E-state index in [2.05, 4.69) is 20.4 Å². The van der Waals surface area contributed by atoms with Crippen LogP contribution < -0.4 is 5.32 Å². The number of rotatable bonds is 5. The quantitative estimate of drug-likeness (QED) is 0.372. The molecule has 8 nitrogen and oxygen atoms in total. The molecule has 3 aromatic carbocycles. The Hall–Kier alpha value is -4.37. The Kier molecular flexibility index (Phi) is 5.97. The molecule has 0 bridgehead atoms. The van der Waals surface area contributed by atoms with Gasteiger partial charge in [-0.05, 0) is 72.5 Å². The van der Waals surface area contributed by atoms with E-state index in [1.807, 2.05) is 72.5 Å². The maximum absolute atomic E-state index is 13.3. The standard InChI is InChI=1S/C28H24N6O2S/c1-18-31-25-13-22(6-9-26(25)37-18)28(36)33-11-10-20-4-5-21(12-23(20)15-33)27(35)32-24-7-2-19(3-8-24)14-34-17-29-16-30-34/h2-9,12-13,16-17H,10-11,14-15H2,1H3,(H,32,35). The van der Waals surface area contributed by atoms with E-state index in [-0.39, 0.29) is 11.8 Å². The van der Waals surface area contributed by atoms with Gasteiger partial charge in [-0.25, -0.2) is 14.6 Å². The molecule has 0 saturated heterocycles. The molecule has 184 valence electrons. The Morgan fingerprint density at radius 1 is 1.00 bits per heavy atom. The average molecular weight is 509 g/mol. The van der Waals surface area contributed by atoms with Crippen molar-refractivity contribution in [2.75, 3.05) is 11.9 Å². The molecule has 1 N–H and O–H groups in total. The van der Waals surface area contributed by atoms with Crippen molar-refractivity contribution in [2.45, 2.75) is 26.4 Å². The zero-order valence-corrected chi connectivity index (χ0v) is 21.0. The monoisotopic (exact) mass is 508 g/mol. The molecule has 0 spiro atoms. The van der Waals surface area contributed by atoms with E-state index in [0.29, 0.717) is 30.8 Å². The molecule has 2 aromatic heterocycles. The number of amides is 2. The summed E-state index contributed by atoms with van der Waals surface area (Å²) in [4.78, 5) is 36.6. The second-order valence-corrected chi connectivity index (χ2v) is 10.4.